The van der Waals surface area contributed by atoms with Gasteiger partial charge in [0.1, 0.15) is 12.4 Å². The summed E-state index contributed by atoms with van der Waals surface area (Å²) in [6.07, 6.45) is 4.01. The van der Waals surface area contributed by atoms with Crippen LogP contribution in [0.1, 0.15) is 17.5 Å². The maximum Gasteiger partial charge on any atom is 0.121 e. The van der Waals surface area contributed by atoms with Crippen molar-refractivity contribution in [2.75, 3.05) is 6.61 Å². The molecular weight excluding hydrogens is 238 g/mol. The van der Waals surface area contributed by atoms with Crippen molar-refractivity contribution in [3.8, 4) is 17.6 Å². The van der Waals surface area contributed by atoms with Gasteiger partial charge < -0.3 is 9.84 Å². The normalized spacial score (nSPS) is 9.53. The lowest BCUT2D eigenvalue weighted by Crippen LogP contribution is -1.95. The number of aliphatic hydroxyl groups excluding tert-OH is 1. The fourth-order valence-corrected chi connectivity index (χ4v) is 1.53. The van der Waals surface area contributed by atoms with E-state index in [9.17, 15) is 0 Å². The Labute approximate surface area is 112 Å². The average molecular weight is 253 g/mol. The van der Waals surface area contributed by atoms with E-state index >= 15 is 0 Å². The molecule has 0 saturated carbocycles. The van der Waals surface area contributed by atoms with Crippen LogP contribution < -0.4 is 4.74 Å². The van der Waals surface area contributed by atoms with Gasteiger partial charge in [0.2, 0.25) is 0 Å². The minimum Gasteiger partial charge on any atom is -0.489 e. The third-order valence-electron chi connectivity index (χ3n) is 2.43. The van der Waals surface area contributed by atoms with Gasteiger partial charge in [-0.3, -0.25) is 4.98 Å². The van der Waals surface area contributed by atoms with Gasteiger partial charge >= 0.3 is 0 Å². The second kappa shape index (κ2) is 7.20. The molecule has 1 aromatic carbocycles. The predicted octanol–water partition coefficient (Wildman–Crippen LogP) is 2.39. The zero-order valence-electron chi connectivity index (χ0n) is 10.5. The highest BCUT2D eigenvalue weighted by Crippen LogP contribution is 2.14. The van der Waals surface area contributed by atoms with Crippen LogP contribution >= 0.6 is 0 Å². The first-order valence-electron chi connectivity index (χ1n) is 6.10. The molecule has 0 fully saturated rings. The van der Waals surface area contributed by atoms with Crippen molar-refractivity contribution in [2.24, 2.45) is 0 Å². The Bertz CT molecular complexity index is 570. The van der Waals surface area contributed by atoms with Crippen LogP contribution in [0.4, 0.5) is 0 Å². The van der Waals surface area contributed by atoms with E-state index in [2.05, 4.69) is 16.8 Å². The van der Waals surface area contributed by atoms with Crippen LogP contribution in [-0.4, -0.2) is 16.7 Å². The number of ether oxygens (including phenoxy) is 1. The fourth-order valence-electron chi connectivity index (χ4n) is 1.53. The van der Waals surface area contributed by atoms with Gasteiger partial charge in [0, 0.05) is 29.9 Å². The summed E-state index contributed by atoms with van der Waals surface area (Å²) < 4.78 is 5.68. The highest BCUT2D eigenvalue weighted by atomic mass is 16.5. The van der Waals surface area contributed by atoms with Crippen molar-refractivity contribution in [1.82, 2.24) is 4.98 Å². The molecule has 0 aliphatic rings. The van der Waals surface area contributed by atoms with E-state index in [1.54, 1.807) is 12.4 Å². The lowest BCUT2D eigenvalue weighted by molar-refractivity contribution is 0.305. The number of aromatic nitrogens is 1. The van der Waals surface area contributed by atoms with Crippen molar-refractivity contribution < 1.29 is 9.84 Å². The summed E-state index contributed by atoms with van der Waals surface area (Å²) in [7, 11) is 0. The standard InChI is InChI=1S/C16H15NO2/c18-10-2-1-5-14-6-3-8-16(11-14)19-13-15-7-4-9-17-12-15/h3-4,6-9,11-12,18H,2,10,13H2. The van der Waals surface area contributed by atoms with Crippen LogP contribution in [-0.2, 0) is 6.61 Å². The average Bonchev–Trinajstić information content (AvgIpc) is 2.47. The van der Waals surface area contributed by atoms with E-state index in [1.807, 2.05) is 36.4 Å². The summed E-state index contributed by atoms with van der Waals surface area (Å²) in [5, 5.41) is 8.68. The topological polar surface area (TPSA) is 42.4 Å². The maximum absolute atomic E-state index is 8.68. The SMILES string of the molecule is OCCC#Cc1cccc(OCc2cccnc2)c1. The van der Waals surface area contributed by atoms with Crippen LogP contribution in [0, 0.1) is 11.8 Å². The van der Waals surface area contributed by atoms with E-state index in [4.69, 9.17) is 9.84 Å². The molecule has 3 heteroatoms. The zero-order chi connectivity index (χ0) is 13.3. The second-order valence-electron chi connectivity index (χ2n) is 3.95. The van der Waals surface area contributed by atoms with Crippen molar-refractivity contribution in [3.05, 3.63) is 59.9 Å². The molecule has 96 valence electrons. The van der Waals surface area contributed by atoms with Gasteiger partial charge in [-0.25, -0.2) is 0 Å². The predicted molar refractivity (Wildman–Crippen MR) is 73.6 cm³/mol. The van der Waals surface area contributed by atoms with Crippen LogP contribution in [0.5, 0.6) is 5.75 Å². The van der Waals surface area contributed by atoms with Gasteiger partial charge in [-0.05, 0) is 24.3 Å². The van der Waals surface area contributed by atoms with Gasteiger partial charge in [-0.2, -0.15) is 0 Å². The van der Waals surface area contributed by atoms with Gasteiger partial charge in [0.25, 0.3) is 0 Å². The molecule has 0 atom stereocenters. The van der Waals surface area contributed by atoms with Gasteiger partial charge in [0.05, 0.1) is 6.61 Å². The zero-order valence-corrected chi connectivity index (χ0v) is 10.5. The third-order valence-corrected chi connectivity index (χ3v) is 2.43. The summed E-state index contributed by atoms with van der Waals surface area (Å²) in [5.74, 6) is 6.65. The first kappa shape index (κ1) is 13.1. The molecule has 0 aliphatic heterocycles. The quantitative estimate of drug-likeness (QED) is 0.851. The van der Waals surface area contributed by atoms with E-state index in [1.165, 1.54) is 0 Å². The van der Waals surface area contributed by atoms with Gasteiger partial charge in [0.15, 0.2) is 0 Å². The number of nitrogens with zero attached hydrogens (tertiary/aromatic N) is 1. The highest BCUT2D eigenvalue weighted by molar-refractivity contribution is 5.39. The summed E-state index contributed by atoms with van der Waals surface area (Å²) in [6, 6.07) is 11.5. The summed E-state index contributed by atoms with van der Waals surface area (Å²) in [4.78, 5) is 4.04. The maximum atomic E-state index is 8.68. The Morgan fingerprint density at radius 1 is 1.21 bits per heavy atom. The Balaban J connectivity index is 1.98. The molecule has 0 bridgehead atoms. The van der Waals surface area contributed by atoms with E-state index in [0.717, 1.165) is 16.9 Å². The van der Waals surface area contributed by atoms with Gasteiger partial charge in [-0.1, -0.05) is 24.0 Å². The Hall–Kier alpha value is -2.31. The Morgan fingerprint density at radius 2 is 2.16 bits per heavy atom. The number of pyridine rings is 1. The molecule has 0 amide bonds. The molecule has 0 saturated heterocycles. The first-order chi connectivity index (χ1) is 9.38. The van der Waals surface area contributed by atoms with E-state index in [0.29, 0.717) is 13.0 Å². The highest BCUT2D eigenvalue weighted by Gasteiger charge is 1.96. The minimum absolute atomic E-state index is 0.0875. The molecule has 1 N–H and O–H groups in total. The molecule has 1 heterocycles. The molecule has 2 rings (SSSR count). The lowest BCUT2D eigenvalue weighted by atomic mass is 10.2. The van der Waals surface area contributed by atoms with Crippen LogP contribution in [0.3, 0.4) is 0 Å². The fraction of sp³-hybridized carbons (Fsp3) is 0.188. The number of hydrogen-bond acceptors (Lipinski definition) is 3. The molecule has 19 heavy (non-hydrogen) atoms. The number of rotatable bonds is 4. The Kier molecular flexibility index (Phi) is 4.97. The molecule has 2 aromatic rings. The van der Waals surface area contributed by atoms with Crippen molar-refractivity contribution in [1.29, 1.82) is 0 Å². The van der Waals surface area contributed by atoms with E-state index < -0.39 is 0 Å². The summed E-state index contributed by atoms with van der Waals surface area (Å²) in [6.45, 7) is 0.575. The second-order valence-corrected chi connectivity index (χ2v) is 3.95. The molecule has 0 radical (unpaired) electrons. The molecule has 0 spiro atoms. The van der Waals surface area contributed by atoms with Crippen molar-refractivity contribution in [2.45, 2.75) is 13.0 Å². The largest absolute Gasteiger partial charge is 0.489 e. The van der Waals surface area contributed by atoms with Crippen LogP contribution in [0.2, 0.25) is 0 Å². The van der Waals surface area contributed by atoms with Crippen LogP contribution in [0.15, 0.2) is 48.8 Å². The van der Waals surface area contributed by atoms with Crippen molar-refractivity contribution in [3.63, 3.8) is 0 Å². The number of hydrogen-bond donors (Lipinski definition) is 1. The smallest absolute Gasteiger partial charge is 0.121 e. The lowest BCUT2D eigenvalue weighted by Gasteiger charge is -2.06. The van der Waals surface area contributed by atoms with Crippen LogP contribution in [0.25, 0.3) is 0 Å². The summed E-state index contributed by atoms with van der Waals surface area (Å²) >= 11 is 0. The molecule has 3 nitrogen and oxygen atoms in total. The van der Waals surface area contributed by atoms with E-state index in [-0.39, 0.29) is 6.61 Å². The molecular formula is C16H15NO2. The van der Waals surface area contributed by atoms with Gasteiger partial charge in [-0.15, -0.1) is 0 Å². The molecule has 1 aromatic heterocycles. The summed E-state index contributed by atoms with van der Waals surface area (Å²) in [5.41, 5.74) is 1.91. The molecule has 0 aliphatic carbocycles. The first-order valence-corrected chi connectivity index (χ1v) is 6.10. The third kappa shape index (κ3) is 4.46. The Morgan fingerprint density at radius 3 is 2.95 bits per heavy atom. The number of aliphatic hydroxyl groups is 1. The monoisotopic (exact) mass is 253 g/mol. The molecule has 0 unspecified atom stereocenters. The van der Waals surface area contributed by atoms with Crippen molar-refractivity contribution >= 4 is 0 Å². The number of benzene rings is 1. The minimum atomic E-state index is 0.0875.